The molecule has 4 aromatic rings. The molecule has 0 spiro atoms. The summed E-state index contributed by atoms with van der Waals surface area (Å²) in [6, 6.07) is 12.5. The van der Waals surface area contributed by atoms with Crippen LogP contribution >= 0.6 is 11.3 Å². The summed E-state index contributed by atoms with van der Waals surface area (Å²) in [5.74, 6) is 0.175. The van der Waals surface area contributed by atoms with E-state index in [1.54, 1.807) is 35.3 Å². The summed E-state index contributed by atoms with van der Waals surface area (Å²) in [6.45, 7) is 6.28. The highest BCUT2D eigenvalue weighted by atomic mass is 32.1. The predicted octanol–water partition coefficient (Wildman–Crippen LogP) is 4.92. The number of carbonyl (C=O) groups excluding carboxylic acids is 1. The zero-order valence-corrected chi connectivity index (χ0v) is 23.5. The lowest BCUT2D eigenvalue weighted by Crippen LogP contribution is -2.44. The molecule has 1 aromatic carbocycles. The lowest BCUT2D eigenvalue weighted by atomic mass is 9.93. The van der Waals surface area contributed by atoms with Crippen molar-refractivity contribution in [2.24, 2.45) is 0 Å². The number of amides is 2. The molecule has 5 rings (SSSR count). The van der Waals surface area contributed by atoms with Crippen molar-refractivity contribution in [2.75, 3.05) is 13.7 Å². The van der Waals surface area contributed by atoms with Crippen LogP contribution in [-0.2, 0) is 12.0 Å². The fourth-order valence-corrected chi connectivity index (χ4v) is 5.94. The zero-order valence-electron chi connectivity index (χ0n) is 22.7. The van der Waals surface area contributed by atoms with E-state index in [2.05, 4.69) is 20.5 Å². The third-order valence-corrected chi connectivity index (χ3v) is 8.18. The number of carbonyl (C=O) groups is 2. The number of rotatable bonds is 8. The van der Waals surface area contributed by atoms with Crippen LogP contribution in [0.4, 0.5) is 4.79 Å². The normalized spacial score (nSPS) is 16.5. The maximum atomic E-state index is 13.7. The lowest BCUT2D eigenvalue weighted by molar-refractivity contribution is 0.0728. The van der Waals surface area contributed by atoms with E-state index in [0.29, 0.717) is 12.1 Å². The number of aryl methyl sites for hydroxylation is 2. The van der Waals surface area contributed by atoms with Crippen molar-refractivity contribution in [3.05, 3.63) is 75.2 Å². The van der Waals surface area contributed by atoms with Gasteiger partial charge in [-0.05, 0) is 45.2 Å². The minimum atomic E-state index is -1.22. The molecule has 2 N–H and O–H groups in total. The number of thiazole rings is 1. The van der Waals surface area contributed by atoms with E-state index in [-0.39, 0.29) is 41.7 Å². The number of carboxylic acid groups (broad SMARTS) is 1. The first kappa shape index (κ1) is 27.3. The first-order chi connectivity index (χ1) is 19.2. The molecule has 0 bridgehead atoms. The van der Waals surface area contributed by atoms with Gasteiger partial charge in [0.25, 0.3) is 5.91 Å². The average molecular weight is 563 g/mol. The van der Waals surface area contributed by atoms with E-state index in [0.717, 1.165) is 34.0 Å². The molecule has 0 aliphatic carbocycles. The van der Waals surface area contributed by atoms with Gasteiger partial charge in [0.2, 0.25) is 17.7 Å². The van der Waals surface area contributed by atoms with Crippen LogP contribution in [0.15, 0.2) is 46.9 Å². The van der Waals surface area contributed by atoms with E-state index in [1.807, 2.05) is 44.2 Å². The smallest absolute Gasteiger partial charge is 0.405 e. The summed E-state index contributed by atoms with van der Waals surface area (Å²) in [5.41, 5.74) is 1.29. The summed E-state index contributed by atoms with van der Waals surface area (Å²) < 4.78 is 11.4. The highest BCUT2D eigenvalue weighted by Gasteiger charge is 2.36. The Kier molecular flexibility index (Phi) is 7.53. The van der Waals surface area contributed by atoms with Gasteiger partial charge in [0.05, 0.1) is 18.8 Å². The summed E-state index contributed by atoms with van der Waals surface area (Å²) in [6.07, 6.45) is 0.770. The molecule has 40 heavy (non-hydrogen) atoms. The molecule has 12 heteroatoms. The molecule has 0 unspecified atom stereocenters. The lowest BCUT2D eigenvalue weighted by Gasteiger charge is -2.25. The highest BCUT2D eigenvalue weighted by molar-refractivity contribution is 7.11. The third kappa shape index (κ3) is 5.53. The first-order valence-corrected chi connectivity index (χ1v) is 13.7. The molecule has 0 saturated carbocycles. The van der Waals surface area contributed by atoms with Crippen molar-refractivity contribution in [3.63, 3.8) is 0 Å². The number of likely N-dealkylation sites (tertiary alicyclic amines) is 1. The van der Waals surface area contributed by atoms with E-state index in [1.165, 1.54) is 7.11 Å². The number of nitrogens with zero attached hydrogens (tertiary/aromatic N) is 5. The van der Waals surface area contributed by atoms with Crippen LogP contribution in [0.5, 0.6) is 5.88 Å². The van der Waals surface area contributed by atoms with Gasteiger partial charge in [-0.1, -0.05) is 30.3 Å². The molecule has 3 aromatic heterocycles. The Balaban J connectivity index is 1.46. The molecular weight excluding hydrogens is 532 g/mol. The molecule has 1 fully saturated rings. The Bertz CT molecular complexity index is 1520. The topological polar surface area (TPSA) is 144 Å². The fraction of sp³-hybridized carbons (Fsp3) is 0.357. The van der Waals surface area contributed by atoms with Gasteiger partial charge in [-0.25, -0.2) is 14.8 Å². The van der Waals surface area contributed by atoms with E-state index < -0.39 is 11.6 Å². The number of methoxy groups -OCH3 is 1. The SMILES string of the molecule is COc1cc(-c2nnc([C@@](C)(Cc3ccccc3)NC(=O)O)o2)cc(C(=O)N2CCC[C@@H]2c2nc(C)c(C)s2)n1. The van der Waals surface area contributed by atoms with Crippen LogP contribution in [-0.4, -0.2) is 55.8 Å². The largest absolute Gasteiger partial charge is 0.481 e. The van der Waals surface area contributed by atoms with Crippen molar-refractivity contribution in [2.45, 2.75) is 51.6 Å². The molecule has 2 amide bonds. The summed E-state index contributed by atoms with van der Waals surface area (Å²) in [7, 11) is 1.47. The molecule has 0 radical (unpaired) electrons. The monoisotopic (exact) mass is 562 g/mol. The Morgan fingerprint density at radius 3 is 2.65 bits per heavy atom. The second-order valence-electron chi connectivity index (χ2n) is 9.97. The summed E-state index contributed by atoms with van der Waals surface area (Å²) in [4.78, 5) is 37.4. The number of nitrogens with one attached hydrogen (secondary N) is 1. The molecule has 2 atom stereocenters. The van der Waals surface area contributed by atoms with E-state index >= 15 is 0 Å². The van der Waals surface area contributed by atoms with E-state index in [4.69, 9.17) is 14.1 Å². The first-order valence-electron chi connectivity index (χ1n) is 12.9. The molecule has 1 aliphatic rings. The standard InChI is InChI=1S/C28H30N6O5S/c1-16-17(2)40-24(29-16)21-11-8-12-34(21)25(35)20-13-19(14-22(30-20)38-4)23-32-33-26(39-23)28(3,31-27(36)37)15-18-9-6-5-7-10-18/h5-7,9-10,13-14,21,31H,8,11-12,15H2,1-4H3,(H,36,37)/t21-,28-/m1/s1. The molecule has 4 heterocycles. The Labute approximate surface area is 235 Å². The van der Waals surface area contributed by atoms with Crippen LogP contribution in [0.25, 0.3) is 11.5 Å². The maximum Gasteiger partial charge on any atom is 0.405 e. The zero-order chi connectivity index (χ0) is 28.4. The Morgan fingerprint density at radius 2 is 1.98 bits per heavy atom. The van der Waals surface area contributed by atoms with Gasteiger partial charge < -0.3 is 24.5 Å². The van der Waals surface area contributed by atoms with Crippen LogP contribution in [0, 0.1) is 13.8 Å². The number of ether oxygens (including phenoxy) is 1. The third-order valence-electron chi connectivity index (χ3n) is 7.00. The second-order valence-corrected chi connectivity index (χ2v) is 11.2. The highest BCUT2D eigenvalue weighted by Crippen LogP contribution is 2.37. The molecule has 1 aliphatic heterocycles. The van der Waals surface area contributed by atoms with Crippen LogP contribution in [0.3, 0.4) is 0 Å². The predicted molar refractivity (Wildman–Crippen MR) is 147 cm³/mol. The van der Waals surface area contributed by atoms with Crippen molar-refractivity contribution in [3.8, 4) is 17.3 Å². The summed E-state index contributed by atoms with van der Waals surface area (Å²) >= 11 is 1.61. The van der Waals surface area contributed by atoms with Gasteiger partial charge in [0.1, 0.15) is 16.2 Å². The van der Waals surface area contributed by atoms with Crippen LogP contribution in [0.2, 0.25) is 0 Å². The van der Waals surface area contributed by atoms with Gasteiger partial charge in [0.15, 0.2) is 0 Å². The second kappa shape index (κ2) is 11.0. The average Bonchev–Trinajstić information content (AvgIpc) is 3.69. The minimum absolute atomic E-state index is 0.0894. The number of benzene rings is 1. The molecule has 1 saturated heterocycles. The van der Waals surface area contributed by atoms with Crippen molar-refractivity contribution >= 4 is 23.3 Å². The quantitative estimate of drug-likeness (QED) is 0.306. The maximum absolute atomic E-state index is 13.7. The fourth-order valence-electron chi connectivity index (χ4n) is 4.87. The Morgan fingerprint density at radius 1 is 1.20 bits per heavy atom. The van der Waals surface area contributed by atoms with E-state index in [9.17, 15) is 14.7 Å². The van der Waals surface area contributed by atoms with Gasteiger partial charge in [-0.15, -0.1) is 21.5 Å². The summed E-state index contributed by atoms with van der Waals surface area (Å²) in [5, 5.41) is 21.3. The Hall–Kier alpha value is -4.32. The number of hydrogen-bond donors (Lipinski definition) is 2. The van der Waals surface area contributed by atoms with Crippen LogP contribution < -0.4 is 10.1 Å². The number of pyridine rings is 1. The van der Waals surface area contributed by atoms with Gasteiger partial charge in [-0.2, -0.15) is 0 Å². The van der Waals surface area contributed by atoms with Gasteiger partial charge in [0, 0.05) is 29.5 Å². The van der Waals surface area contributed by atoms with Crippen molar-refractivity contribution < 1.29 is 23.8 Å². The van der Waals surface area contributed by atoms with Crippen molar-refractivity contribution in [1.82, 2.24) is 30.4 Å². The molecular formula is C28H30N6O5S. The van der Waals surface area contributed by atoms with Gasteiger partial charge in [-0.3, -0.25) is 4.79 Å². The molecule has 11 nitrogen and oxygen atoms in total. The number of aromatic nitrogens is 4. The molecule has 208 valence electrons. The number of hydrogen-bond acceptors (Lipinski definition) is 9. The van der Waals surface area contributed by atoms with Gasteiger partial charge >= 0.3 is 6.09 Å². The van der Waals surface area contributed by atoms with Crippen LogP contribution in [0.1, 0.15) is 63.3 Å². The van der Waals surface area contributed by atoms with Crippen molar-refractivity contribution in [1.29, 1.82) is 0 Å². The minimum Gasteiger partial charge on any atom is -0.481 e.